The van der Waals surface area contributed by atoms with Gasteiger partial charge in [0.2, 0.25) is 0 Å². The summed E-state index contributed by atoms with van der Waals surface area (Å²) in [6.07, 6.45) is 2.21. The Morgan fingerprint density at radius 1 is 1.25 bits per heavy atom. The van der Waals surface area contributed by atoms with Crippen molar-refractivity contribution in [2.24, 2.45) is 0 Å². The maximum absolute atomic E-state index is 9.25. The predicted octanol–water partition coefficient (Wildman–Crippen LogP) is 2.41. The average Bonchev–Trinajstić information content (AvgIpc) is 2.42. The molecular weight excluding hydrogens is 252 g/mol. The minimum absolute atomic E-state index is 0.0999. The molecule has 0 saturated carbocycles. The molecule has 20 heavy (non-hydrogen) atoms. The van der Waals surface area contributed by atoms with Crippen LogP contribution >= 0.6 is 0 Å². The number of nitrogens with one attached hydrogen (secondary N) is 1. The van der Waals surface area contributed by atoms with E-state index in [0.717, 1.165) is 36.8 Å². The van der Waals surface area contributed by atoms with Crippen LogP contribution in [0.2, 0.25) is 0 Å². The van der Waals surface area contributed by atoms with Gasteiger partial charge < -0.3 is 15.3 Å². The summed E-state index contributed by atoms with van der Waals surface area (Å²) in [7, 11) is 1.86. The van der Waals surface area contributed by atoms with Crippen molar-refractivity contribution < 1.29 is 5.11 Å². The Morgan fingerprint density at radius 2 is 1.95 bits per heavy atom. The highest BCUT2D eigenvalue weighted by Gasteiger charge is 2.20. The average molecular weight is 280 g/mol. The smallest absolute Gasteiger partial charge is 0.138 e. The van der Waals surface area contributed by atoms with Crippen LogP contribution in [-0.4, -0.2) is 41.8 Å². The van der Waals surface area contributed by atoms with Gasteiger partial charge in [-0.05, 0) is 6.42 Å². The van der Waals surface area contributed by atoms with Crippen molar-refractivity contribution in [2.45, 2.75) is 46.0 Å². The fraction of sp³-hybridized carbons (Fsp3) is 0.733. The topological polar surface area (TPSA) is 61.3 Å². The van der Waals surface area contributed by atoms with E-state index in [1.165, 1.54) is 0 Å². The number of nitrogens with zero attached hydrogens (tertiary/aromatic N) is 3. The molecule has 5 heteroatoms. The third-order valence-corrected chi connectivity index (χ3v) is 3.12. The first kappa shape index (κ1) is 16.7. The van der Waals surface area contributed by atoms with E-state index < -0.39 is 0 Å². The lowest BCUT2D eigenvalue weighted by molar-refractivity contribution is 0.301. The van der Waals surface area contributed by atoms with E-state index in [4.69, 9.17) is 0 Å². The van der Waals surface area contributed by atoms with Crippen molar-refractivity contribution in [1.29, 1.82) is 0 Å². The zero-order valence-electron chi connectivity index (χ0n) is 13.4. The molecule has 5 nitrogen and oxygen atoms in total. The number of hydrogen-bond acceptors (Lipinski definition) is 5. The Hall–Kier alpha value is -1.36. The number of aromatic nitrogens is 2. The maximum Gasteiger partial charge on any atom is 0.138 e. The molecule has 0 unspecified atom stereocenters. The number of rotatable bonds is 7. The number of unbranched alkanes of at least 4 members (excludes halogenated alkanes) is 1. The van der Waals surface area contributed by atoms with Crippen LogP contribution in [0.4, 0.5) is 11.6 Å². The van der Waals surface area contributed by atoms with E-state index >= 15 is 0 Å². The summed E-state index contributed by atoms with van der Waals surface area (Å²) in [5.74, 6) is 2.52. The second kappa shape index (κ2) is 7.43. The van der Waals surface area contributed by atoms with Gasteiger partial charge in [0.05, 0.1) is 6.61 Å². The Kier molecular flexibility index (Phi) is 6.20. The standard InChI is InChI=1S/C15H28N4O/c1-6-7-8-19(9-10-20)13-11-12(16-5)17-14(18-13)15(2,3)4/h11,20H,6-10H2,1-5H3,(H,16,17,18). The van der Waals surface area contributed by atoms with E-state index in [-0.39, 0.29) is 12.0 Å². The Labute approximate surface area is 122 Å². The van der Waals surface area contributed by atoms with Gasteiger partial charge in [-0.1, -0.05) is 34.1 Å². The molecule has 1 rings (SSSR count). The van der Waals surface area contributed by atoms with Crippen LogP contribution in [0.3, 0.4) is 0 Å². The number of hydrogen-bond donors (Lipinski definition) is 2. The lowest BCUT2D eigenvalue weighted by Gasteiger charge is -2.25. The Balaban J connectivity index is 3.12. The first-order valence-corrected chi connectivity index (χ1v) is 7.35. The Morgan fingerprint density at radius 3 is 2.45 bits per heavy atom. The molecule has 0 radical (unpaired) electrons. The molecule has 0 fully saturated rings. The van der Waals surface area contributed by atoms with Gasteiger partial charge in [-0.3, -0.25) is 0 Å². The Bertz CT molecular complexity index is 415. The second-order valence-corrected chi connectivity index (χ2v) is 6.00. The molecule has 0 amide bonds. The molecule has 0 atom stereocenters. The van der Waals surface area contributed by atoms with Crippen LogP contribution in [0.25, 0.3) is 0 Å². The highest BCUT2D eigenvalue weighted by Crippen LogP contribution is 2.24. The van der Waals surface area contributed by atoms with Crippen molar-refractivity contribution >= 4 is 11.6 Å². The maximum atomic E-state index is 9.25. The van der Waals surface area contributed by atoms with Crippen molar-refractivity contribution in [3.8, 4) is 0 Å². The van der Waals surface area contributed by atoms with E-state index in [1.807, 2.05) is 13.1 Å². The molecule has 0 aliphatic heterocycles. The van der Waals surface area contributed by atoms with Crippen molar-refractivity contribution in [3.05, 3.63) is 11.9 Å². The summed E-state index contributed by atoms with van der Waals surface area (Å²) in [6.45, 7) is 10.1. The lowest BCUT2D eigenvalue weighted by atomic mass is 9.96. The molecule has 0 aliphatic carbocycles. The highest BCUT2D eigenvalue weighted by atomic mass is 16.3. The van der Waals surface area contributed by atoms with Gasteiger partial charge >= 0.3 is 0 Å². The third kappa shape index (κ3) is 4.63. The molecule has 0 aromatic carbocycles. The summed E-state index contributed by atoms with van der Waals surface area (Å²) in [4.78, 5) is 11.3. The van der Waals surface area contributed by atoms with Crippen LogP contribution in [0, 0.1) is 0 Å². The monoisotopic (exact) mass is 280 g/mol. The van der Waals surface area contributed by atoms with Crippen LogP contribution in [-0.2, 0) is 5.41 Å². The van der Waals surface area contributed by atoms with E-state index in [1.54, 1.807) is 0 Å². The molecule has 1 aromatic heterocycles. The third-order valence-electron chi connectivity index (χ3n) is 3.12. The molecule has 0 bridgehead atoms. The first-order valence-electron chi connectivity index (χ1n) is 7.35. The fourth-order valence-electron chi connectivity index (χ4n) is 1.87. The van der Waals surface area contributed by atoms with Gasteiger partial charge in [0.25, 0.3) is 0 Å². The lowest BCUT2D eigenvalue weighted by Crippen LogP contribution is -2.30. The minimum Gasteiger partial charge on any atom is -0.395 e. The molecule has 2 N–H and O–H groups in total. The minimum atomic E-state index is -0.0999. The molecule has 1 heterocycles. The zero-order chi connectivity index (χ0) is 15.2. The summed E-state index contributed by atoms with van der Waals surface area (Å²) in [6, 6.07) is 1.94. The summed E-state index contributed by atoms with van der Waals surface area (Å²) >= 11 is 0. The van der Waals surface area contributed by atoms with Crippen LogP contribution in [0.1, 0.15) is 46.4 Å². The van der Waals surface area contributed by atoms with E-state index in [9.17, 15) is 5.11 Å². The van der Waals surface area contributed by atoms with Crippen LogP contribution < -0.4 is 10.2 Å². The SMILES string of the molecule is CCCCN(CCO)c1cc(NC)nc(C(C)(C)C)n1. The van der Waals surface area contributed by atoms with E-state index in [2.05, 4.69) is 47.9 Å². The van der Waals surface area contributed by atoms with E-state index in [0.29, 0.717) is 6.54 Å². The van der Waals surface area contributed by atoms with Crippen molar-refractivity contribution in [1.82, 2.24) is 9.97 Å². The summed E-state index contributed by atoms with van der Waals surface area (Å²) in [5, 5.41) is 12.3. The zero-order valence-corrected chi connectivity index (χ0v) is 13.4. The number of aliphatic hydroxyl groups excluding tert-OH is 1. The molecule has 0 saturated heterocycles. The van der Waals surface area contributed by atoms with Crippen molar-refractivity contribution in [2.75, 3.05) is 37.0 Å². The fourth-order valence-corrected chi connectivity index (χ4v) is 1.87. The molecular formula is C15H28N4O. The molecule has 0 spiro atoms. The molecule has 1 aromatic rings. The predicted molar refractivity (Wildman–Crippen MR) is 84.5 cm³/mol. The number of anilines is 2. The van der Waals surface area contributed by atoms with Crippen LogP contribution in [0.15, 0.2) is 6.07 Å². The molecule has 114 valence electrons. The van der Waals surface area contributed by atoms with Gasteiger partial charge in [0, 0.05) is 31.6 Å². The van der Waals surface area contributed by atoms with Gasteiger partial charge in [-0.25, -0.2) is 9.97 Å². The first-order chi connectivity index (χ1) is 9.42. The quantitative estimate of drug-likeness (QED) is 0.803. The summed E-state index contributed by atoms with van der Waals surface area (Å²) in [5.41, 5.74) is -0.0999. The van der Waals surface area contributed by atoms with Crippen molar-refractivity contribution in [3.63, 3.8) is 0 Å². The van der Waals surface area contributed by atoms with Gasteiger partial charge in [-0.15, -0.1) is 0 Å². The van der Waals surface area contributed by atoms with Gasteiger partial charge in [0.15, 0.2) is 0 Å². The number of aliphatic hydroxyl groups is 1. The highest BCUT2D eigenvalue weighted by molar-refractivity contribution is 5.49. The van der Waals surface area contributed by atoms with Gasteiger partial charge in [0.1, 0.15) is 17.5 Å². The molecule has 0 aliphatic rings. The van der Waals surface area contributed by atoms with Gasteiger partial charge in [-0.2, -0.15) is 0 Å². The van der Waals surface area contributed by atoms with Crippen LogP contribution in [0.5, 0.6) is 0 Å². The largest absolute Gasteiger partial charge is 0.395 e. The normalized spacial score (nSPS) is 11.5. The summed E-state index contributed by atoms with van der Waals surface area (Å²) < 4.78 is 0. The second-order valence-electron chi connectivity index (χ2n) is 6.00.